The highest BCUT2D eigenvalue weighted by atomic mass is 35.5. The second kappa shape index (κ2) is 12.4. The summed E-state index contributed by atoms with van der Waals surface area (Å²) in [6.07, 6.45) is 1.05. The van der Waals surface area contributed by atoms with Crippen LogP contribution in [0.1, 0.15) is 43.9 Å². The first-order valence-electron chi connectivity index (χ1n) is 11.6. The number of halogens is 2. The van der Waals surface area contributed by atoms with Crippen molar-refractivity contribution in [3.8, 4) is 0 Å². The van der Waals surface area contributed by atoms with E-state index in [0.717, 1.165) is 19.5 Å². The highest BCUT2D eigenvalue weighted by Crippen LogP contribution is 2.29. The normalized spacial score (nSPS) is 15.6. The number of nitrogens with zero attached hydrogens (tertiary/aromatic N) is 3. The molecule has 1 heterocycles. The minimum Gasteiger partial charge on any atom is -0.340 e. The Morgan fingerprint density at radius 2 is 1.42 bits per heavy atom. The standard InChI is InChI=1S/C26H33Cl2N3O2/c1-3-20(2)31(26(33)25(27)28)15-14-23(32)29-16-18-30(19-17-29)24(21-10-6-4-7-11-21)22-12-8-5-9-13-22/h4-13,20,24-25H,3,14-19H2,1-2H3. The average Bonchev–Trinajstić information content (AvgIpc) is 2.85. The van der Waals surface area contributed by atoms with Crippen LogP contribution in [0.15, 0.2) is 60.7 Å². The molecule has 1 fully saturated rings. The molecular formula is C26H33Cl2N3O2. The van der Waals surface area contributed by atoms with Gasteiger partial charge in [0, 0.05) is 45.2 Å². The van der Waals surface area contributed by atoms with Gasteiger partial charge in [-0.15, -0.1) is 0 Å². The number of carbonyl (C=O) groups is 2. The SMILES string of the molecule is CCC(C)N(CCC(=O)N1CCN(C(c2ccccc2)c2ccccc2)CC1)C(=O)C(Cl)Cl. The summed E-state index contributed by atoms with van der Waals surface area (Å²) in [7, 11) is 0. The molecule has 1 aliphatic rings. The minimum atomic E-state index is -1.11. The summed E-state index contributed by atoms with van der Waals surface area (Å²) in [5, 5.41) is 0. The van der Waals surface area contributed by atoms with Gasteiger partial charge in [0.1, 0.15) is 0 Å². The lowest BCUT2D eigenvalue weighted by atomic mass is 9.96. The lowest BCUT2D eigenvalue weighted by Gasteiger charge is -2.40. The molecular weight excluding hydrogens is 457 g/mol. The number of alkyl halides is 2. The molecule has 0 N–H and O–H groups in total. The first kappa shape index (κ1) is 25.5. The van der Waals surface area contributed by atoms with Crippen molar-refractivity contribution in [3.63, 3.8) is 0 Å². The molecule has 1 aliphatic heterocycles. The van der Waals surface area contributed by atoms with Crippen molar-refractivity contribution in [1.29, 1.82) is 0 Å². The summed E-state index contributed by atoms with van der Waals surface area (Å²) < 4.78 is 0. The molecule has 2 amide bonds. The van der Waals surface area contributed by atoms with Gasteiger partial charge in [0.25, 0.3) is 5.91 Å². The number of piperazine rings is 1. The zero-order valence-corrected chi connectivity index (χ0v) is 20.9. The third-order valence-electron chi connectivity index (χ3n) is 6.42. The molecule has 33 heavy (non-hydrogen) atoms. The van der Waals surface area contributed by atoms with Gasteiger partial charge in [0.15, 0.2) is 4.84 Å². The van der Waals surface area contributed by atoms with Crippen molar-refractivity contribution in [2.75, 3.05) is 32.7 Å². The number of hydrogen-bond acceptors (Lipinski definition) is 3. The monoisotopic (exact) mass is 489 g/mol. The Morgan fingerprint density at radius 3 is 1.88 bits per heavy atom. The lowest BCUT2D eigenvalue weighted by Crippen LogP contribution is -2.51. The van der Waals surface area contributed by atoms with Crippen LogP contribution >= 0.6 is 23.2 Å². The van der Waals surface area contributed by atoms with Gasteiger partial charge >= 0.3 is 0 Å². The fourth-order valence-electron chi connectivity index (χ4n) is 4.38. The van der Waals surface area contributed by atoms with E-state index in [1.807, 2.05) is 30.9 Å². The number of rotatable bonds is 9. The zero-order valence-electron chi connectivity index (χ0n) is 19.4. The van der Waals surface area contributed by atoms with Crippen molar-refractivity contribution < 1.29 is 9.59 Å². The van der Waals surface area contributed by atoms with Crippen LogP contribution in [-0.2, 0) is 9.59 Å². The van der Waals surface area contributed by atoms with Gasteiger partial charge < -0.3 is 9.80 Å². The molecule has 2 aromatic rings. The molecule has 3 rings (SSSR count). The van der Waals surface area contributed by atoms with Crippen LogP contribution in [0.3, 0.4) is 0 Å². The molecule has 1 saturated heterocycles. The summed E-state index contributed by atoms with van der Waals surface area (Å²) in [6.45, 7) is 7.20. The van der Waals surface area contributed by atoms with E-state index >= 15 is 0 Å². The van der Waals surface area contributed by atoms with E-state index in [2.05, 4.69) is 53.4 Å². The van der Waals surface area contributed by atoms with Gasteiger partial charge in [-0.05, 0) is 24.5 Å². The molecule has 7 heteroatoms. The molecule has 0 aliphatic carbocycles. The average molecular weight is 490 g/mol. The predicted molar refractivity (Wildman–Crippen MR) is 134 cm³/mol. The highest BCUT2D eigenvalue weighted by molar-refractivity contribution is 6.53. The van der Waals surface area contributed by atoms with Crippen LogP contribution in [-0.4, -0.2) is 70.1 Å². The lowest BCUT2D eigenvalue weighted by molar-refractivity contribution is -0.136. The van der Waals surface area contributed by atoms with Crippen LogP contribution in [0.2, 0.25) is 0 Å². The van der Waals surface area contributed by atoms with Crippen LogP contribution in [0, 0.1) is 0 Å². The van der Waals surface area contributed by atoms with Crippen LogP contribution in [0.4, 0.5) is 0 Å². The second-order valence-electron chi connectivity index (χ2n) is 8.48. The Hall–Kier alpha value is -2.08. The molecule has 0 aromatic heterocycles. The molecule has 0 radical (unpaired) electrons. The topological polar surface area (TPSA) is 43.9 Å². The van der Waals surface area contributed by atoms with E-state index in [0.29, 0.717) is 19.6 Å². The number of carbonyl (C=O) groups excluding carboxylic acids is 2. The third kappa shape index (κ3) is 6.72. The quantitative estimate of drug-likeness (QED) is 0.477. The Morgan fingerprint density at radius 1 is 0.909 bits per heavy atom. The number of benzene rings is 2. The van der Waals surface area contributed by atoms with Crippen LogP contribution in [0.25, 0.3) is 0 Å². The number of hydrogen-bond donors (Lipinski definition) is 0. The van der Waals surface area contributed by atoms with Crippen molar-refractivity contribution >= 4 is 35.0 Å². The van der Waals surface area contributed by atoms with Gasteiger partial charge in [-0.3, -0.25) is 14.5 Å². The zero-order chi connectivity index (χ0) is 23.8. The van der Waals surface area contributed by atoms with E-state index in [4.69, 9.17) is 23.2 Å². The summed E-state index contributed by atoms with van der Waals surface area (Å²) >= 11 is 11.6. The predicted octanol–water partition coefficient (Wildman–Crippen LogP) is 4.74. The van der Waals surface area contributed by atoms with Gasteiger partial charge in [-0.1, -0.05) is 90.8 Å². The van der Waals surface area contributed by atoms with Crippen molar-refractivity contribution in [2.24, 2.45) is 0 Å². The Labute approximate surface area is 207 Å². The Kier molecular flexibility index (Phi) is 9.60. The van der Waals surface area contributed by atoms with Gasteiger partial charge in [-0.25, -0.2) is 0 Å². The first-order valence-corrected chi connectivity index (χ1v) is 12.5. The molecule has 178 valence electrons. The van der Waals surface area contributed by atoms with Crippen LogP contribution in [0.5, 0.6) is 0 Å². The Balaban J connectivity index is 1.62. The van der Waals surface area contributed by atoms with Gasteiger partial charge in [0.2, 0.25) is 5.91 Å². The largest absolute Gasteiger partial charge is 0.340 e. The molecule has 1 atom stereocenters. The van der Waals surface area contributed by atoms with Crippen molar-refractivity contribution in [2.45, 2.75) is 43.6 Å². The summed E-state index contributed by atoms with van der Waals surface area (Å²) in [6, 6.07) is 21.2. The van der Waals surface area contributed by atoms with E-state index in [-0.39, 0.29) is 30.3 Å². The van der Waals surface area contributed by atoms with Crippen molar-refractivity contribution in [3.05, 3.63) is 71.8 Å². The fraction of sp³-hybridized carbons (Fsp3) is 0.462. The van der Waals surface area contributed by atoms with Gasteiger partial charge in [0.05, 0.1) is 6.04 Å². The summed E-state index contributed by atoms with van der Waals surface area (Å²) in [5.74, 6) is -0.272. The van der Waals surface area contributed by atoms with E-state index in [9.17, 15) is 9.59 Å². The molecule has 0 spiro atoms. The summed E-state index contributed by atoms with van der Waals surface area (Å²) in [4.78, 5) is 30.1. The molecule has 0 saturated carbocycles. The smallest absolute Gasteiger partial charge is 0.256 e. The van der Waals surface area contributed by atoms with Crippen LogP contribution < -0.4 is 0 Å². The maximum atomic E-state index is 12.9. The summed E-state index contributed by atoms with van der Waals surface area (Å²) in [5.41, 5.74) is 2.51. The Bertz CT molecular complexity index is 847. The minimum absolute atomic E-state index is 0.0142. The van der Waals surface area contributed by atoms with E-state index < -0.39 is 4.84 Å². The first-order chi connectivity index (χ1) is 15.9. The van der Waals surface area contributed by atoms with E-state index in [1.54, 1.807) is 4.90 Å². The highest BCUT2D eigenvalue weighted by Gasteiger charge is 2.29. The maximum absolute atomic E-state index is 12.9. The van der Waals surface area contributed by atoms with Crippen molar-refractivity contribution in [1.82, 2.24) is 14.7 Å². The molecule has 0 bridgehead atoms. The molecule has 1 unspecified atom stereocenters. The number of amides is 2. The maximum Gasteiger partial charge on any atom is 0.256 e. The fourth-order valence-corrected chi connectivity index (χ4v) is 4.63. The third-order valence-corrected chi connectivity index (χ3v) is 6.80. The molecule has 2 aromatic carbocycles. The van der Waals surface area contributed by atoms with E-state index in [1.165, 1.54) is 11.1 Å². The second-order valence-corrected chi connectivity index (χ2v) is 9.58. The van der Waals surface area contributed by atoms with Gasteiger partial charge in [-0.2, -0.15) is 0 Å². The molecule has 5 nitrogen and oxygen atoms in total.